The number of amides is 2. The average Bonchev–Trinajstić information content (AvgIpc) is 3.23. The first-order chi connectivity index (χ1) is 13.6. The summed E-state index contributed by atoms with van der Waals surface area (Å²) in [5.74, 6) is 1.15. The maximum atomic E-state index is 12.1. The van der Waals surface area contributed by atoms with Crippen molar-refractivity contribution in [2.75, 3.05) is 11.1 Å². The van der Waals surface area contributed by atoms with E-state index in [0.29, 0.717) is 18.0 Å². The Hall–Kier alpha value is -2.99. The number of nitrogens with one attached hydrogen (secondary N) is 2. The van der Waals surface area contributed by atoms with Crippen LogP contribution in [0, 0.1) is 6.92 Å². The van der Waals surface area contributed by atoms with Crippen molar-refractivity contribution in [3.8, 4) is 0 Å². The van der Waals surface area contributed by atoms with Crippen LogP contribution >= 0.6 is 11.8 Å². The number of hydrogen-bond donors (Lipinski definition) is 2. The largest absolute Gasteiger partial charge is 0.459 e. The molecule has 1 aromatic heterocycles. The number of hydrogen-bond acceptors (Lipinski definition) is 4. The Kier molecular flexibility index (Phi) is 6.92. The highest BCUT2D eigenvalue weighted by Gasteiger charge is 2.09. The summed E-state index contributed by atoms with van der Waals surface area (Å²) in [6.45, 7) is 2.47. The molecule has 1 heterocycles. The van der Waals surface area contributed by atoms with Crippen LogP contribution < -0.4 is 10.6 Å². The summed E-state index contributed by atoms with van der Waals surface area (Å²) in [6, 6.07) is 19.0. The van der Waals surface area contributed by atoms with Crippen molar-refractivity contribution in [3.05, 3.63) is 89.4 Å². The Balaban J connectivity index is 1.43. The van der Waals surface area contributed by atoms with Gasteiger partial charge in [0.2, 0.25) is 5.91 Å². The van der Waals surface area contributed by atoms with Gasteiger partial charge in [0, 0.05) is 18.0 Å². The second-order valence-electron chi connectivity index (χ2n) is 6.39. The minimum Gasteiger partial charge on any atom is -0.459 e. The molecule has 2 N–H and O–H groups in total. The molecular weight excluding hydrogens is 372 g/mol. The SMILES string of the molecule is Cc1ccc(CSCC(=O)NCc2cccc(NC(=O)c3ccco3)c2)cc1. The van der Waals surface area contributed by atoms with Crippen LogP contribution in [0.15, 0.2) is 71.3 Å². The fourth-order valence-electron chi connectivity index (χ4n) is 2.56. The van der Waals surface area contributed by atoms with Crippen molar-refractivity contribution in [2.45, 2.75) is 19.2 Å². The number of benzene rings is 2. The normalized spacial score (nSPS) is 10.5. The molecule has 28 heavy (non-hydrogen) atoms. The van der Waals surface area contributed by atoms with E-state index in [2.05, 4.69) is 41.8 Å². The number of rotatable bonds is 8. The van der Waals surface area contributed by atoms with Crippen LogP contribution in [0.25, 0.3) is 0 Å². The van der Waals surface area contributed by atoms with E-state index in [-0.39, 0.29) is 17.6 Å². The van der Waals surface area contributed by atoms with E-state index in [1.807, 2.05) is 18.2 Å². The van der Waals surface area contributed by atoms with Crippen LogP contribution in [0.5, 0.6) is 0 Å². The van der Waals surface area contributed by atoms with Crippen molar-refractivity contribution < 1.29 is 14.0 Å². The molecular formula is C22H22N2O3S. The van der Waals surface area contributed by atoms with Gasteiger partial charge in [-0.3, -0.25) is 9.59 Å². The van der Waals surface area contributed by atoms with Gasteiger partial charge in [-0.2, -0.15) is 0 Å². The number of thioether (sulfide) groups is 1. The van der Waals surface area contributed by atoms with Gasteiger partial charge in [-0.15, -0.1) is 11.8 Å². The van der Waals surface area contributed by atoms with Gasteiger partial charge in [0.05, 0.1) is 12.0 Å². The van der Waals surface area contributed by atoms with E-state index >= 15 is 0 Å². The highest BCUT2D eigenvalue weighted by Crippen LogP contribution is 2.14. The lowest BCUT2D eigenvalue weighted by atomic mass is 10.2. The van der Waals surface area contributed by atoms with E-state index in [9.17, 15) is 9.59 Å². The monoisotopic (exact) mass is 394 g/mol. The van der Waals surface area contributed by atoms with Crippen LogP contribution in [0.2, 0.25) is 0 Å². The first-order valence-corrected chi connectivity index (χ1v) is 10.1. The lowest BCUT2D eigenvalue weighted by molar-refractivity contribution is -0.118. The molecule has 0 aliphatic rings. The molecule has 3 aromatic rings. The summed E-state index contributed by atoms with van der Waals surface area (Å²) in [6.07, 6.45) is 1.46. The molecule has 144 valence electrons. The average molecular weight is 394 g/mol. The molecule has 6 heteroatoms. The van der Waals surface area contributed by atoms with Gasteiger partial charge >= 0.3 is 0 Å². The number of carbonyl (C=O) groups is 2. The first-order valence-electron chi connectivity index (χ1n) is 8.94. The molecule has 5 nitrogen and oxygen atoms in total. The molecule has 0 fully saturated rings. The second kappa shape index (κ2) is 9.80. The van der Waals surface area contributed by atoms with Crippen molar-refractivity contribution >= 4 is 29.3 Å². The van der Waals surface area contributed by atoms with Gasteiger partial charge in [0.15, 0.2) is 5.76 Å². The maximum absolute atomic E-state index is 12.1. The highest BCUT2D eigenvalue weighted by molar-refractivity contribution is 7.99. The topological polar surface area (TPSA) is 71.3 Å². The van der Waals surface area contributed by atoms with Crippen molar-refractivity contribution in [1.29, 1.82) is 0 Å². The Morgan fingerprint density at radius 1 is 1.00 bits per heavy atom. The molecule has 0 saturated heterocycles. The zero-order valence-corrected chi connectivity index (χ0v) is 16.4. The van der Waals surface area contributed by atoms with Crippen LogP contribution in [0.3, 0.4) is 0 Å². The number of carbonyl (C=O) groups excluding carboxylic acids is 2. The quantitative estimate of drug-likeness (QED) is 0.594. The smallest absolute Gasteiger partial charge is 0.291 e. The molecule has 2 aromatic carbocycles. The van der Waals surface area contributed by atoms with Crippen LogP contribution in [0.4, 0.5) is 5.69 Å². The predicted octanol–water partition coefficient (Wildman–Crippen LogP) is 4.39. The molecule has 2 amide bonds. The number of aryl methyl sites for hydroxylation is 1. The summed E-state index contributed by atoms with van der Waals surface area (Å²) < 4.78 is 5.08. The van der Waals surface area contributed by atoms with E-state index in [1.54, 1.807) is 30.0 Å². The first kappa shape index (κ1) is 19.8. The van der Waals surface area contributed by atoms with E-state index in [4.69, 9.17) is 4.42 Å². The highest BCUT2D eigenvalue weighted by atomic mass is 32.2. The summed E-state index contributed by atoms with van der Waals surface area (Å²) >= 11 is 1.59. The van der Waals surface area contributed by atoms with E-state index in [1.165, 1.54) is 17.4 Å². The molecule has 0 aliphatic carbocycles. The predicted molar refractivity (Wildman–Crippen MR) is 112 cm³/mol. The van der Waals surface area contributed by atoms with Crippen LogP contribution in [-0.2, 0) is 17.1 Å². The molecule has 0 bridgehead atoms. The summed E-state index contributed by atoms with van der Waals surface area (Å²) in [7, 11) is 0. The summed E-state index contributed by atoms with van der Waals surface area (Å²) in [5.41, 5.74) is 4.01. The third-order valence-corrected chi connectivity index (χ3v) is 5.05. The van der Waals surface area contributed by atoms with Crippen LogP contribution in [-0.4, -0.2) is 17.6 Å². The zero-order chi connectivity index (χ0) is 19.8. The zero-order valence-electron chi connectivity index (χ0n) is 15.6. The number of furan rings is 1. The third-order valence-electron chi connectivity index (χ3n) is 4.04. The molecule has 0 radical (unpaired) electrons. The molecule has 0 atom stereocenters. The van der Waals surface area contributed by atoms with Gasteiger partial charge in [0.25, 0.3) is 5.91 Å². The Bertz CT molecular complexity index is 921. The third kappa shape index (κ3) is 6.03. The molecule has 0 unspecified atom stereocenters. The van der Waals surface area contributed by atoms with Crippen LogP contribution in [0.1, 0.15) is 27.2 Å². The minimum atomic E-state index is -0.307. The van der Waals surface area contributed by atoms with Crippen molar-refractivity contribution in [1.82, 2.24) is 5.32 Å². The summed E-state index contributed by atoms with van der Waals surface area (Å²) in [5, 5.41) is 5.69. The van der Waals surface area contributed by atoms with Gasteiger partial charge in [-0.05, 0) is 42.3 Å². The van der Waals surface area contributed by atoms with Crippen molar-refractivity contribution in [3.63, 3.8) is 0 Å². The summed E-state index contributed by atoms with van der Waals surface area (Å²) in [4.78, 5) is 24.1. The molecule has 0 aliphatic heterocycles. The molecule has 3 rings (SSSR count). The van der Waals surface area contributed by atoms with Gasteiger partial charge in [-0.1, -0.05) is 42.0 Å². The van der Waals surface area contributed by atoms with Gasteiger partial charge in [0.1, 0.15) is 0 Å². The molecule has 0 saturated carbocycles. The van der Waals surface area contributed by atoms with E-state index < -0.39 is 0 Å². The van der Waals surface area contributed by atoms with E-state index in [0.717, 1.165) is 11.3 Å². The fourth-order valence-corrected chi connectivity index (χ4v) is 3.37. The minimum absolute atomic E-state index is 0.0119. The Morgan fingerprint density at radius 3 is 2.57 bits per heavy atom. The Labute approximate surface area is 168 Å². The lowest BCUT2D eigenvalue weighted by Crippen LogP contribution is -2.24. The van der Waals surface area contributed by atoms with Crippen molar-refractivity contribution in [2.24, 2.45) is 0 Å². The Morgan fingerprint density at radius 2 is 1.82 bits per heavy atom. The number of anilines is 1. The second-order valence-corrected chi connectivity index (χ2v) is 7.37. The lowest BCUT2D eigenvalue weighted by Gasteiger charge is -2.08. The fraction of sp³-hybridized carbons (Fsp3) is 0.182. The standard InChI is InChI=1S/C22H22N2O3S/c1-16-7-9-17(10-8-16)14-28-15-21(25)23-13-18-4-2-5-19(12-18)24-22(26)20-6-3-11-27-20/h2-12H,13-15H2,1H3,(H,23,25)(H,24,26). The molecule has 0 spiro atoms. The maximum Gasteiger partial charge on any atom is 0.291 e. The van der Waals surface area contributed by atoms with Gasteiger partial charge in [-0.25, -0.2) is 0 Å². The van der Waals surface area contributed by atoms with Gasteiger partial charge < -0.3 is 15.1 Å².